The van der Waals surface area contributed by atoms with E-state index >= 15 is 0 Å². The van der Waals surface area contributed by atoms with E-state index < -0.39 is 0 Å². The zero-order valence-electron chi connectivity index (χ0n) is 2.55. The summed E-state index contributed by atoms with van der Waals surface area (Å²) in [5.41, 5.74) is 0. The molecule has 0 nitrogen and oxygen atoms in total. The Labute approximate surface area is 47.8 Å². The number of allylic oxidation sites excluding steroid dienone is 1. The van der Waals surface area contributed by atoms with E-state index in [9.17, 15) is 0 Å². The maximum absolute atomic E-state index is 2.71. The van der Waals surface area contributed by atoms with E-state index in [1.54, 1.807) is 0 Å². The van der Waals surface area contributed by atoms with Gasteiger partial charge in [0.15, 0.2) is 0 Å². The van der Waals surface area contributed by atoms with Crippen molar-refractivity contribution in [3.8, 4) is 0 Å². The third kappa shape index (κ3) is 4.65. The Morgan fingerprint density at radius 2 is 2.00 bits per heavy atom. The van der Waals surface area contributed by atoms with Crippen LogP contribution in [0.25, 0.3) is 0 Å². The summed E-state index contributed by atoms with van der Waals surface area (Å²) in [6.45, 7) is 0. The van der Waals surface area contributed by atoms with Crippen molar-refractivity contribution in [1.82, 2.24) is 0 Å². The van der Waals surface area contributed by atoms with Crippen molar-refractivity contribution in [3.63, 3.8) is 0 Å². The van der Waals surface area contributed by atoms with Crippen molar-refractivity contribution < 1.29 is 0 Å². The zero-order valence-corrected chi connectivity index (χ0v) is 5.97. The molecule has 0 unspecified atom stereocenters. The molecule has 0 aliphatic carbocycles. The van der Waals surface area contributed by atoms with Gasteiger partial charge in [0, 0.05) is 0 Å². The Kier molecular flexibility index (Phi) is 5.25. The third-order valence-electron chi connectivity index (χ3n) is 0.157. The average molecular weight is 197 g/mol. The van der Waals surface area contributed by atoms with E-state index in [4.69, 9.17) is 0 Å². The standard InChI is InChI=1S/C3H3Se2/c4-2-1-3-5/h1-3H. The fourth-order valence-electron chi connectivity index (χ4n) is 0.0321. The van der Waals surface area contributed by atoms with Crippen LogP contribution in [0.4, 0.5) is 0 Å². The van der Waals surface area contributed by atoms with Crippen LogP contribution in [0.2, 0.25) is 0 Å². The van der Waals surface area contributed by atoms with Gasteiger partial charge in [-0.3, -0.25) is 0 Å². The van der Waals surface area contributed by atoms with Crippen LogP contribution in [-0.4, -0.2) is 36.5 Å². The Morgan fingerprint density at radius 1 is 1.40 bits per heavy atom. The van der Waals surface area contributed by atoms with Crippen LogP contribution in [0.1, 0.15) is 0 Å². The quantitative estimate of drug-likeness (QED) is 0.503. The molecule has 0 saturated heterocycles. The predicted octanol–water partition coefficient (Wildman–Crippen LogP) is -0.361. The van der Waals surface area contributed by atoms with Gasteiger partial charge in [0.25, 0.3) is 0 Å². The Bertz CT molecular complexity index is 46.9. The predicted molar refractivity (Wildman–Crippen MR) is 26.7 cm³/mol. The van der Waals surface area contributed by atoms with Crippen LogP contribution in [0.5, 0.6) is 0 Å². The van der Waals surface area contributed by atoms with E-state index in [1.807, 2.05) is 16.0 Å². The van der Waals surface area contributed by atoms with Crippen LogP contribution in [0.15, 0.2) is 11.1 Å². The fourth-order valence-corrected chi connectivity index (χ4v) is 0.866. The molecule has 27 valence electrons. The second-order valence-electron chi connectivity index (χ2n) is 0.465. The van der Waals surface area contributed by atoms with Crippen molar-refractivity contribution in [1.29, 1.82) is 0 Å². The molecule has 2 heteroatoms. The minimum atomic E-state index is 1.84. The summed E-state index contributed by atoms with van der Waals surface area (Å²) in [6.07, 6.45) is 1.89. The summed E-state index contributed by atoms with van der Waals surface area (Å²) in [5.74, 6) is 0. The minimum absolute atomic E-state index is 1.84. The first-order valence-corrected chi connectivity index (χ1v) is 3.12. The summed E-state index contributed by atoms with van der Waals surface area (Å²) < 4.78 is 0. The van der Waals surface area contributed by atoms with Crippen LogP contribution >= 0.6 is 0 Å². The molecule has 0 fully saturated rings. The molecule has 5 heavy (non-hydrogen) atoms. The van der Waals surface area contributed by atoms with Gasteiger partial charge in [-0.15, -0.1) is 0 Å². The van der Waals surface area contributed by atoms with Crippen molar-refractivity contribution in [3.05, 3.63) is 11.1 Å². The average Bonchev–Trinajstić information content (AvgIpc) is 1.41. The van der Waals surface area contributed by atoms with Crippen LogP contribution in [0, 0.1) is 0 Å². The topological polar surface area (TPSA) is 0 Å². The summed E-state index contributed by atoms with van der Waals surface area (Å²) in [7, 11) is 0. The Hall–Kier alpha value is 0.649. The van der Waals surface area contributed by atoms with E-state index in [0.717, 1.165) is 0 Å². The van der Waals surface area contributed by atoms with E-state index in [-0.39, 0.29) is 0 Å². The van der Waals surface area contributed by atoms with Crippen LogP contribution in [0.3, 0.4) is 0 Å². The van der Waals surface area contributed by atoms with Gasteiger partial charge in [-0.1, -0.05) is 0 Å². The van der Waals surface area contributed by atoms with Crippen LogP contribution < -0.4 is 0 Å². The molecule has 0 atom stereocenters. The molecule has 0 heterocycles. The molecule has 0 aliphatic heterocycles. The molecule has 0 aromatic carbocycles. The molecule has 0 aliphatic rings. The van der Waals surface area contributed by atoms with E-state index in [0.29, 0.717) is 0 Å². The van der Waals surface area contributed by atoms with Crippen molar-refractivity contribution in [2.75, 3.05) is 0 Å². The molecule has 0 saturated carbocycles. The summed E-state index contributed by atoms with van der Waals surface area (Å²) in [6, 6.07) is 0. The van der Waals surface area contributed by atoms with Gasteiger partial charge in [-0.05, 0) is 0 Å². The fraction of sp³-hybridized carbons (Fsp3) is 0. The van der Waals surface area contributed by atoms with Gasteiger partial charge >= 0.3 is 47.6 Å². The summed E-state index contributed by atoms with van der Waals surface area (Å²) in [4.78, 5) is 3.69. The Morgan fingerprint density at radius 3 is 2.00 bits per heavy atom. The van der Waals surface area contributed by atoms with Gasteiger partial charge in [0.05, 0.1) is 0 Å². The third-order valence-corrected chi connectivity index (χ3v) is 0.816. The van der Waals surface area contributed by atoms with Gasteiger partial charge in [-0.2, -0.15) is 0 Å². The van der Waals surface area contributed by atoms with Crippen LogP contribution in [-0.2, 0) is 0 Å². The second kappa shape index (κ2) is 4.65. The van der Waals surface area contributed by atoms with Gasteiger partial charge in [0.1, 0.15) is 0 Å². The molecule has 0 aromatic heterocycles. The molecular formula is C3H3Se2. The maximum atomic E-state index is 2.71. The first kappa shape index (κ1) is 5.65. The summed E-state index contributed by atoms with van der Waals surface area (Å²) >= 11 is 5.42. The number of hydrogen-bond donors (Lipinski definition) is 0. The molecule has 0 amide bonds. The van der Waals surface area contributed by atoms with Crippen molar-refractivity contribution >= 4 is 36.5 Å². The Balaban J connectivity index is 2.92. The van der Waals surface area contributed by atoms with Gasteiger partial charge in [-0.25, -0.2) is 0 Å². The molecule has 0 bridgehead atoms. The molecule has 0 N–H and O–H groups in total. The van der Waals surface area contributed by atoms with Gasteiger partial charge < -0.3 is 0 Å². The van der Waals surface area contributed by atoms with Gasteiger partial charge in [0.2, 0.25) is 0 Å². The van der Waals surface area contributed by atoms with E-state index in [1.165, 1.54) is 0 Å². The van der Waals surface area contributed by atoms with Crippen molar-refractivity contribution in [2.45, 2.75) is 0 Å². The molecule has 1 radical (unpaired) electrons. The molecular weight excluding hydrogens is 194 g/mol. The number of hydrogen-bond acceptors (Lipinski definition) is 0. The first-order valence-electron chi connectivity index (χ1n) is 1.14. The second-order valence-corrected chi connectivity index (χ2v) is 1.61. The molecule has 0 spiro atoms. The van der Waals surface area contributed by atoms with Crippen molar-refractivity contribution in [2.24, 2.45) is 0 Å². The van der Waals surface area contributed by atoms with E-state index in [2.05, 4.69) is 31.6 Å². The molecule has 0 aromatic rings. The molecule has 0 rings (SSSR count). The number of rotatable bonds is 1. The first-order chi connectivity index (χ1) is 2.41. The summed E-state index contributed by atoms with van der Waals surface area (Å²) in [5, 5.41) is 0. The monoisotopic (exact) mass is 199 g/mol. The zero-order chi connectivity index (χ0) is 4.12. The SMILES string of the molecule is [Se]C=CC=[Se]. The normalized spacial score (nSPS) is 8.80.